The Morgan fingerprint density at radius 3 is 2.85 bits per heavy atom. The Morgan fingerprint density at radius 1 is 1.25 bits per heavy atom. The average molecular weight is 274 g/mol. The van der Waals surface area contributed by atoms with Crippen LogP contribution in [0.1, 0.15) is 24.0 Å². The molecule has 3 rings (SSSR count). The Bertz CT molecular complexity index is 431. The van der Waals surface area contributed by atoms with Crippen molar-refractivity contribution < 1.29 is 4.74 Å². The third kappa shape index (κ3) is 4.05. The molecular weight excluding hydrogens is 248 g/mol. The smallest absolute Gasteiger partial charge is 0.0593 e. The Morgan fingerprint density at radius 2 is 2.05 bits per heavy atom. The third-order valence-corrected chi connectivity index (χ3v) is 4.37. The number of likely N-dealkylation sites (N-methyl/N-ethyl adjacent to an activating group) is 1. The van der Waals surface area contributed by atoms with E-state index < -0.39 is 0 Å². The molecule has 1 aliphatic heterocycles. The summed E-state index contributed by atoms with van der Waals surface area (Å²) in [6, 6.07) is 9.34. The van der Waals surface area contributed by atoms with E-state index in [9.17, 15) is 0 Å². The molecule has 0 amide bonds. The van der Waals surface area contributed by atoms with Crippen LogP contribution in [-0.4, -0.2) is 44.3 Å². The molecule has 0 aromatic heterocycles. The summed E-state index contributed by atoms with van der Waals surface area (Å²) in [4.78, 5) is 2.39. The van der Waals surface area contributed by atoms with Crippen molar-refractivity contribution in [3.05, 3.63) is 35.4 Å². The van der Waals surface area contributed by atoms with E-state index in [1.54, 1.807) is 0 Å². The highest BCUT2D eigenvalue weighted by molar-refractivity contribution is 5.29. The van der Waals surface area contributed by atoms with Crippen molar-refractivity contribution >= 4 is 0 Å². The molecule has 110 valence electrons. The van der Waals surface area contributed by atoms with Gasteiger partial charge < -0.3 is 15.0 Å². The highest BCUT2D eigenvalue weighted by Crippen LogP contribution is 2.28. The normalized spacial score (nSPS) is 22.0. The van der Waals surface area contributed by atoms with Crippen LogP contribution in [0.2, 0.25) is 0 Å². The maximum absolute atomic E-state index is 5.71. The van der Waals surface area contributed by atoms with Gasteiger partial charge in [-0.15, -0.1) is 0 Å². The fraction of sp³-hybridized carbons (Fsp3) is 0.647. The minimum Gasteiger partial charge on any atom is -0.380 e. The van der Waals surface area contributed by atoms with Crippen LogP contribution in [0.4, 0.5) is 0 Å². The molecule has 0 radical (unpaired) electrons. The average Bonchev–Trinajstić information content (AvgIpc) is 3.28. The second-order valence-corrected chi connectivity index (χ2v) is 6.33. The van der Waals surface area contributed by atoms with Crippen LogP contribution in [-0.2, 0) is 17.7 Å². The van der Waals surface area contributed by atoms with Gasteiger partial charge in [0.25, 0.3) is 0 Å². The second kappa shape index (κ2) is 6.70. The van der Waals surface area contributed by atoms with Crippen molar-refractivity contribution in [2.45, 2.75) is 31.8 Å². The lowest BCUT2D eigenvalue weighted by Gasteiger charge is -2.29. The van der Waals surface area contributed by atoms with Crippen LogP contribution in [0.3, 0.4) is 0 Å². The fourth-order valence-corrected chi connectivity index (χ4v) is 2.87. The lowest BCUT2D eigenvalue weighted by molar-refractivity contribution is 0.100. The van der Waals surface area contributed by atoms with Crippen molar-refractivity contribution in [3.63, 3.8) is 0 Å². The lowest BCUT2D eigenvalue weighted by Crippen LogP contribution is -2.44. The van der Waals surface area contributed by atoms with Crippen LogP contribution < -0.4 is 5.32 Å². The van der Waals surface area contributed by atoms with Gasteiger partial charge in [-0.05, 0) is 43.4 Å². The van der Waals surface area contributed by atoms with Gasteiger partial charge in [-0.25, -0.2) is 0 Å². The Kier molecular flexibility index (Phi) is 4.71. The van der Waals surface area contributed by atoms with E-state index in [0.29, 0.717) is 6.04 Å². The molecule has 2 aliphatic rings. The van der Waals surface area contributed by atoms with Gasteiger partial charge in [-0.2, -0.15) is 0 Å². The topological polar surface area (TPSA) is 24.5 Å². The number of fused-ring (bicyclic) bond motifs is 1. The summed E-state index contributed by atoms with van der Waals surface area (Å²) in [5.74, 6) is 0.872. The van der Waals surface area contributed by atoms with Crippen LogP contribution in [0.5, 0.6) is 0 Å². The highest BCUT2D eigenvalue weighted by atomic mass is 16.5. The first kappa shape index (κ1) is 14.1. The van der Waals surface area contributed by atoms with Gasteiger partial charge >= 0.3 is 0 Å². The summed E-state index contributed by atoms with van der Waals surface area (Å²) in [5.41, 5.74) is 2.97. The monoisotopic (exact) mass is 274 g/mol. The van der Waals surface area contributed by atoms with Gasteiger partial charge in [-0.1, -0.05) is 24.3 Å². The number of benzene rings is 1. The Labute approximate surface area is 122 Å². The van der Waals surface area contributed by atoms with E-state index in [4.69, 9.17) is 4.74 Å². The second-order valence-electron chi connectivity index (χ2n) is 6.33. The van der Waals surface area contributed by atoms with Crippen LogP contribution >= 0.6 is 0 Å². The maximum atomic E-state index is 5.71. The molecule has 20 heavy (non-hydrogen) atoms. The first-order valence-electron chi connectivity index (χ1n) is 7.87. The SMILES string of the molecule is CN(CCOCC1CC1)CC1Cc2ccccc2CN1. The molecule has 1 aromatic rings. The van der Waals surface area contributed by atoms with E-state index in [0.717, 1.165) is 45.2 Å². The minimum atomic E-state index is 0.568. The zero-order valence-corrected chi connectivity index (χ0v) is 12.5. The Balaban J connectivity index is 1.37. The number of ether oxygens (including phenoxy) is 1. The van der Waals surface area contributed by atoms with E-state index in [1.807, 2.05) is 0 Å². The molecule has 0 spiro atoms. The van der Waals surface area contributed by atoms with Crippen LogP contribution in [0.15, 0.2) is 24.3 Å². The molecule has 1 aliphatic carbocycles. The summed E-state index contributed by atoms with van der Waals surface area (Å²) in [7, 11) is 2.20. The van der Waals surface area contributed by atoms with Gasteiger partial charge in [0.15, 0.2) is 0 Å². The van der Waals surface area contributed by atoms with Gasteiger partial charge in [0.2, 0.25) is 0 Å². The molecule has 0 bridgehead atoms. The van der Waals surface area contributed by atoms with E-state index >= 15 is 0 Å². The first-order chi connectivity index (χ1) is 9.81. The standard InChI is InChI=1S/C17H26N2O/c1-19(8-9-20-13-14-6-7-14)12-17-10-15-4-2-3-5-16(15)11-18-17/h2-5,14,17-18H,6-13H2,1H3. The molecule has 1 N–H and O–H groups in total. The predicted molar refractivity (Wildman–Crippen MR) is 81.8 cm³/mol. The van der Waals surface area contributed by atoms with E-state index in [-0.39, 0.29) is 0 Å². The summed E-state index contributed by atoms with van der Waals surface area (Å²) in [6.07, 6.45) is 3.89. The molecule has 1 fully saturated rings. The molecule has 0 saturated heterocycles. The summed E-state index contributed by atoms with van der Waals surface area (Å²) >= 11 is 0. The van der Waals surface area contributed by atoms with Gasteiger partial charge in [0, 0.05) is 32.3 Å². The largest absolute Gasteiger partial charge is 0.380 e. The molecule has 3 nitrogen and oxygen atoms in total. The number of nitrogens with one attached hydrogen (secondary N) is 1. The summed E-state index contributed by atoms with van der Waals surface area (Å²) in [6.45, 7) is 4.99. The molecular formula is C17H26N2O. The van der Waals surface area contributed by atoms with Crippen LogP contribution in [0.25, 0.3) is 0 Å². The van der Waals surface area contributed by atoms with Gasteiger partial charge in [0.05, 0.1) is 6.61 Å². The zero-order valence-electron chi connectivity index (χ0n) is 12.5. The fourth-order valence-electron chi connectivity index (χ4n) is 2.87. The van der Waals surface area contributed by atoms with Crippen molar-refractivity contribution in [1.82, 2.24) is 10.2 Å². The predicted octanol–water partition coefficient (Wildman–Crippen LogP) is 2.06. The van der Waals surface area contributed by atoms with Crippen molar-refractivity contribution in [3.8, 4) is 0 Å². The maximum Gasteiger partial charge on any atom is 0.0593 e. The first-order valence-corrected chi connectivity index (χ1v) is 7.87. The highest BCUT2D eigenvalue weighted by Gasteiger charge is 2.21. The van der Waals surface area contributed by atoms with E-state index in [2.05, 4.69) is 41.5 Å². The minimum absolute atomic E-state index is 0.568. The molecule has 1 heterocycles. The van der Waals surface area contributed by atoms with Crippen molar-refractivity contribution in [2.75, 3.05) is 33.4 Å². The van der Waals surface area contributed by atoms with Crippen molar-refractivity contribution in [1.29, 1.82) is 0 Å². The number of rotatable bonds is 7. The van der Waals surface area contributed by atoms with Crippen LogP contribution in [0, 0.1) is 5.92 Å². The Hall–Kier alpha value is -0.900. The summed E-state index contributed by atoms with van der Waals surface area (Å²) < 4.78 is 5.71. The quantitative estimate of drug-likeness (QED) is 0.770. The third-order valence-electron chi connectivity index (χ3n) is 4.37. The van der Waals surface area contributed by atoms with Gasteiger partial charge in [-0.3, -0.25) is 0 Å². The number of hydrogen-bond acceptors (Lipinski definition) is 3. The molecule has 3 heteroatoms. The summed E-state index contributed by atoms with van der Waals surface area (Å²) in [5, 5.41) is 3.64. The molecule has 1 aromatic carbocycles. The lowest BCUT2D eigenvalue weighted by atomic mass is 9.96. The number of nitrogens with zero attached hydrogens (tertiary/aromatic N) is 1. The molecule has 1 saturated carbocycles. The number of hydrogen-bond donors (Lipinski definition) is 1. The van der Waals surface area contributed by atoms with Crippen molar-refractivity contribution in [2.24, 2.45) is 5.92 Å². The molecule has 1 atom stereocenters. The zero-order chi connectivity index (χ0) is 13.8. The van der Waals surface area contributed by atoms with Gasteiger partial charge in [0.1, 0.15) is 0 Å². The van der Waals surface area contributed by atoms with E-state index in [1.165, 1.54) is 24.0 Å². The molecule has 1 unspecified atom stereocenters.